The van der Waals surface area contributed by atoms with Crippen molar-refractivity contribution in [3.8, 4) is 22.8 Å². The molecule has 0 aliphatic carbocycles. The molecule has 0 amide bonds. The van der Waals surface area contributed by atoms with Crippen LogP contribution in [0.25, 0.3) is 37.8 Å². The Morgan fingerprint density at radius 3 is 2.44 bits per heavy atom. The lowest BCUT2D eigenvalue weighted by Crippen LogP contribution is -2.33. The zero-order chi connectivity index (χ0) is 24.6. The van der Waals surface area contributed by atoms with Gasteiger partial charge in [-0.05, 0) is 53.1 Å². The van der Waals surface area contributed by atoms with Crippen LogP contribution in [0.2, 0.25) is 0 Å². The molecular formula is C30H32N3O+. The van der Waals surface area contributed by atoms with E-state index in [-0.39, 0.29) is 5.41 Å². The third-order valence-corrected chi connectivity index (χ3v) is 6.96. The van der Waals surface area contributed by atoms with Crippen molar-refractivity contribution in [3.63, 3.8) is 0 Å². The Bertz CT molecular complexity index is 1550. The minimum atomic E-state index is -0.654. The molecule has 4 aromatic rings. The maximum absolute atomic E-state index is 7.71. The number of ether oxygens (including phenoxy) is 1. The van der Waals surface area contributed by atoms with Crippen molar-refractivity contribution in [2.75, 3.05) is 0 Å². The molecule has 0 radical (unpaired) electrons. The Morgan fingerprint density at radius 2 is 1.76 bits per heavy atom. The predicted molar refractivity (Wildman–Crippen MR) is 138 cm³/mol. The maximum Gasteiger partial charge on any atom is 0.287 e. The van der Waals surface area contributed by atoms with Crippen LogP contribution < -0.4 is 9.30 Å². The number of hydrogen-bond donors (Lipinski definition) is 0. The first-order chi connectivity index (χ1) is 15.9. The van der Waals surface area contributed by atoms with Crippen LogP contribution in [-0.2, 0) is 19.0 Å². The van der Waals surface area contributed by atoms with Crippen molar-refractivity contribution < 1.29 is 9.30 Å². The first-order valence-electron chi connectivity index (χ1n) is 11.9. The summed E-state index contributed by atoms with van der Waals surface area (Å²) in [6.45, 7) is 22.8. The minimum Gasteiger partial charge on any atom is -0.455 e. The number of hydrogen-bond acceptors (Lipinski definition) is 2. The average molecular weight is 451 g/mol. The highest BCUT2D eigenvalue weighted by molar-refractivity contribution is 6.06. The highest BCUT2D eigenvalue weighted by atomic mass is 16.5. The predicted octanol–water partition coefficient (Wildman–Crippen LogP) is 7.35. The number of nitrogens with zero attached hydrogens (tertiary/aromatic N) is 3. The Hall–Kier alpha value is -3.45. The third kappa shape index (κ3) is 3.34. The van der Waals surface area contributed by atoms with E-state index in [1.807, 2.05) is 32.3 Å². The molecule has 0 unspecified atom stereocenters. The van der Waals surface area contributed by atoms with Gasteiger partial charge in [0.2, 0.25) is 0 Å². The Balaban J connectivity index is 1.95. The summed E-state index contributed by atoms with van der Waals surface area (Å²) in [7, 11) is 2.06. The highest BCUT2D eigenvalue weighted by Crippen LogP contribution is 2.52. The van der Waals surface area contributed by atoms with Crippen LogP contribution in [0.5, 0.6) is 11.5 Å². The number of fused-ring (bicyclic) bond motifs is 3. The number of benzene rings is 3. The van der Waals surface area contributed by atoms with Crippen molar-refractivity contribution in [1.29, 1.82) is 0 Å². The van der Waals surface area contributed by atoms with Crippen LogP contribution in [0.3, 0.4) is 0 Å². The monoisotopic (exact) mass is 450 g/mol. The van der Waals surface area contributed by atoms with E-state index in [1.54, 1.807) is 0 Å². The molecule has 4 heteroatoms. The van der Waals surface area contributed by atoms with E-state index in [0.717, 1.165) is 45.6 Å². The smallest absolute Gasteiger partial charge is 0.287 e. The molecule has 172 valence electrons. The van der Waals surface area contributed by atoms with Gasteiger partial charge in [-0.2, -0.15) is 0 Å². The van der Waals surface area contributed by atoms with Crippen LogP contribution in [-0.4, -0.2) is 4.98 Å². The van der Waals surface area contributed by atoms with Crippen LogP contribution in [0.1, 0.15) is 56.9 Å². The van der Waals surface area contributed by atoms with Crippen LogP contribution in [0.15, 0.2) is 36.7 Å². The lowest BCUT2D eigenvalue weighted by atomic mass is 9.81. The van der Waals surface area contributed by atoms with E-state index in [4.69, 9.17) is 16.3 Å². The van der Waals surface area contributed by atoms with Gasteiger partial charge in [0.25, 0.3) is 11.9 Å². The summed E-state index contributed by atoms with van der Waals surface area (Å²) < 4.78 is 8.94. The topological polar surface area (TPSA) is 30.4 Å². The molecule has 34 heavy (non-hydrogen) atoms. The molecule has 4 nitrogen and oxygen atoms in total. The fourth-order valence-corrected chi connectivity index (χ4v) is 5.15. The van der Waals surface area contributed by atoms with E-state index in [0.29, 0.717) is 0 Å². The third-order valence-electron chi connectivity index (χ3n) is 6.96. The van der Waals surface area contributed by atoms with Gasteiger partial charge in [0.15, 0.2) is 11.2 Å². The van der Waals surface area contributed by atoms with Crippen molar-refractivity contribution in [2.45, 2.75) is 60.4 Å². The molecule has 1 aliphatic heterocycles. The second-order valence-electron chi connectivity index (χ2n) is 11.4. The first-order valence-corrected chi connectivity index (χ1v) is 11.9. The quantitative estimate of drug-likeness (QED) is 0.208. The summed E-state index contributed by atoms with van der Waals surface area (Å²) in [6, 6.07) is 10.8. The van der Waals surface area contributed by atoms with Gasteiger partial charge in [0, 0.05) is 31.0 Å². The standard InChI is InChI=1S/C30H32N3O/c1-17-10-11-20-21(12-17)18(2)25-27-26-23(32-16-33(27)9)13-19(30(6,7)31-8)14-24(26)34-28(25)22(20)15-29(3,4)5/h10-14,16H,15H2,1-7,9H3/q+1. The lowest BCUT2D eigenvalue weighted by Gasteiger charge is -2.29. The van der Waals surface area contributed by atoms with Crippen molar-refractivity contribution in [3.05, 3.63) is 70.3 Å². The molecule has 1 aliphatic rings. The van der Waals surface area contributed by atoms with E-state index >= 15 is 0 Å². The normalized spacial score (nSPS) is 13.0. The Kier molecular flexibility index (Phi) is 4.78. The molecule has 0 atom stereocenters. The summed E-state index contributed by atoms with van der Waals surface area (Å²) in [6.07, 6.45) is 2.78. The molecule has 1 aromatic heterocycles. The number of rotatable bonds is 2. The minimum absolute atomic E-state index is 0.0914. The van der Waals surface area contributed by atoms with Gasteiger partial charge in [-0.1, -0.05) is 44.5 Å². The van der Waals surface area contributed by atoms with Gasteiger partial charge in [0.05, 0.1) is 12.6 Å². The SMILES string of the molecule is [C-]#[N+]C(C)(C)c1cc2c3c([n+](C)cnc3c1)-c1c(c(CC(C)(C)C)c3ccc(C)cc3c1C)O2. The van der Waals surface area contributed by atoms with Gasteiger partial charge in [-0.15, -0.1) is 0 Å². The van der Waals surface area contributed by atoms with Crippen LogP contribution in [0, 0.1) is 25.8 Å². The molecule has 0 N–H and O–H groups in total. The highest BCUT2D eigenvalue weighted by Gasteiger charge is 2.36. The fraction of sp³-hybridized carbons (Fsp3) is 0.367. The summed E-state index contributed by atoms with van der Waals surface area (Å²) in [4.78, 5) is 8.60. The summed E-state index contributed by atoms with van der Waals surface area (Å²) in [5.74, 6) is 1.73. The zero-order valence-corrected chi connectivity index (χ0v) is 21.4. The van der Waals surface area contributed by atoms with Crippen molar-refractivity contribution in [2.24, 2.45) is 12.5 Å². The zero-order valence-electron chi connectivity index (χ0n) is 21.4. The molecule has 5 rings (SSSR count). The van der Waals surface area contributed by atoms with E-state index in [1.165, 1.54) is 27.5 Å². The fourth-order valence-electron chi connectivity index (χ4n) is 5.15. The second kappa shape index (κ2) is 7.27. The van der Waals surface area contributed by atoms with Gasteiger partial charge in [-0.25, -0.2) is 11.1 Å². The van der Waals surface area contributed by atoms with Gasteiger partial charge in [0.1, 0.15) is 16.9 Å². The summed E-state index contributed by atoms with van der Waals surface area (Å²) in [5, 5.41) is 3.55. The molecule has 0 spiro atoms. The summed E-state index contributed by atoms with van der Waals surface area (Å²) >= 11 is 0. The molecule has 2 heterocycles. The largest absolute Gasteiger partial charge is 0.455 e. The number of aromatic nitrogens is 2. The van der Waals surface area contributed by atoms with Crippen LogP contribution >= 0.6 is 0 Å². The number of aryl methyl sites for hydroxylation is 3. The maximum atomic E-state index is 7.71. The first kappa shape index (κ1) is 22.3. The summed E-state index contributed by atoms with van der Waals surface area (Å²) in [5.41, 5.74) is 7.23. The molecule has 0 fully saturated rings. The molecule has 0 bridgehead atoms. The Labute approximate surface area is 202 Å². The lowest BCUT2D eigenvalue weighted by molar-refractivity contribution is -0.662. The van der Waals surface area contributed by atoms with Crippen molar-refractivity contribution in [1.82, 2.24) is 4.98 Å². The Morgan fingerprint density at radius 1 is 1.03 bits per heavy atom. The van der Waals surface area contributed by atoms with E-state index < -0.39 is 5.54 Å². The average Bonchev–Trinajstić information content (AvgIpc) is 2.77. The molecular weight excluding hydrogens is 418 g/mol. The molecule has 3 aromatic carbocycles. The van der Waals surface area contributed by atoms with Crippen molar-refractivity contribution >= 4 is 21.7 Å². The van der Waals surface area contributed by atoms with E-state index in [2.05, 4.69) is 69.3 Å². The van der Waals surface area contributed by atoms with Gasteiger partial charge < -0.3 is 9.58 Å². The van der Waals surface area contributed by atoms with Gasteiger partial charge >= 0.3 is 0 Å². The van der Waals surface area contributed by atoms with Crippen LogP contribution in [0.4, 0.5) is 0 Å². The second-order valence-corrected chi connectivity index (χ2v) is 11.4. The molecule has 0 saturated carbocycles. The van der Waals surface area contributed by atoms with Gasteiger partial charge in [-0.3, -0.25) is 0 Å². The van der Waals surface area contributed by atoms with E-state index in [9.17, 15) is 0 Å². The molecule has 0 saturated heterocycles.